The first-order valence-corrected chi connectivity index (χ1v) is 7.83. The minimum absolute atomic E-state index is 0.134. The number of nitrogens with zero attached hydrogens (tertiary/aromatic N) is 1. The van der Waals surface area contributed by atoms with Crippen LogP contribution in [0.3, 0.4) is 0 Å². The first-order valence-electron chi connectivity index (χ1n) is 6.35. The molecule has 1 saturated carbocycles. The van der Waals surface area contributed by atoms with E-state index in [1.807, 2.05) is 0 Å². The molecule has 1 aromatic rings. The van der Waals surface area contributed by atoms with Gasteiger partial charge in [0.05, 0.1) is 0 Å². The molecule has 5 nitrogen and oxygen atoms in total. The van der Waals surface area contributed by atoms with Gasteiger partial charge in [0.1, 0.15) is 0 Å². The van der Waals surface area contributed by atoms with Crippen LogP contribution in [0.1, 0.15) is 25.7 Å². The minimum Gasteiger partial charge on any atom is -0.328 e. The number of hydrogen-bond donors (Lipinski definition) is 2. The second-order valence-electron chi connectivity index (χ2n) is 4.93. The summed E-state index contributed by atoms with van der Waals surface area (Å²) in [6, 6.07) is 2.57. The predicted molar refractivity (Wildman–Crippen MR) is 69.3 cm³/mol. The number of nitrogens with two attached hydrogens (primary N) is 1. The van der Waals surface area contributed by atoms with Crippen molar-refractivity contribution >= 4 is 10.0 Å². The predicted octanol–water partition coefficient (Wildman–Crippen LogP) is 1.02. The van der Waals surface area contributed by atoms with Crippen LogP contribution < -0.4 is 10.5 Å². The van der Waals surface area contributed by atoms with E-state index in [1.165, 1.54) is 12.3 Å². The number of aromatic nitrogens is 1. The van der Waals surface area contributed by atoms with Gasteiger partial charge in [0.2, 0.25) is 5.03 Å². The van der Waals surface area contributed by atoms with E-state index in [-0.39, 0.29) is 18.5 Å². The molecule has 106 valence electrons. The molecule has 1 aromatic heterocycles. The van der Waals surface area contributed by atoms with Gasteiger partial charge in [0.25, 0.3) is 10.0 Å². The average Bonchev–Trinajstić information content (AvgIpc) is 2.37. The van der Waals surface area contributed by atoms with Crippen molar-refractivity contribution in [1.29, 1.82) is 0 Å². The molecule has 0 bridgehead atoms. The van der Waals surface area contributed by atoms with Crippen molar-refractivity contribution in [2.24, 2.45) is 11.7 Å². The zero-order valence-corrected chi connectivity index (χ0v) is 11.4. The van der Waals surface area contributed by atoms with E-state index >= 15 is 0 Å². The molecule has 1 fully saturated rings. The lowest BCUT2D eigenvalue weighted by Crippen LogP contribution is -2.36. The topological polar surface area (TPSA) is 85.1 Å². The maximum Gasteiger partial charge on any atom is 0.261 e. The van der Waals surface area contributed by atoms with E-state index in [9.17, 15) is 12.8 Å². The molecule has 0 radical (unpaired) electrons. The summed E-state index contributed by atoms with van der Waals surface area (Å²) in [5, 5.41) is -0.546. The van der Waals surface area contributed by atoms with Crippen molar-refractivity contribution in [3.05, 3.63) is 24.1 Å². The molecule has 0 saturated heterocycles. The van der Waals surface area contributed by atoms with Gasteiger partial charge in [0.15, 0.2) is 5.82 Å². The first kappa shape index (κ1) is 14.4. The van der Waals surface area contributed by atoms with E-state index < -0.39 is 20.9 Å². The van der Waals surface area contributed by atoms with Crippen molar-refractivity contribution in [3.63, 3.8) is 0 Å². The van der Waals surface area contributed by atoms with Crippen molar-refractivity contribution < 1.29 is 12.8 Å². The zero-order chi connectivity index (χ0) is 13.9. The molecule has 1 aliphatic carbocycles. The summed E-state index contributed by atoms with van der Waals surface area (Å²) in [7, 11) is -3.88. The Balaban J connectivity index is 2.00. The van der Waals surface area contributed by atoms with Crippen molar-refractivity contribution in [2.75, 3.05) is 6.54 Å². The summed E-state index contributed by atoms with van der Waals surface area (Å²) in [5.74, 6) is -0.624. The molecule has 7 heteroatoms. The Kier molecular flexibility index (Phi) is 4.49. The standard InChI is InChI=1S/C12H18FN3O2S/c13-11-5-2-6-15-12(11)19(17,18)16-8-9-3-1-4-10(14)7-9/h2,5-6,9-10,16H,1,3-4,7-8,14H2. The van der Waals surface area contributed by atoms with E-state index in [0.29, 0.717) is 0 Å². The Hall–Kier alpha value is -1.05. The lowest BCUT2D eigenvalue weighted by molar-refractivity contribution is 0.322. The summed E-state index contributed by atoms with van der Waals surface area (Å²) in [6.45, 7) is 0.284. The maximum atomic E-state index is 13.4. The van der Waals surface area contributed by atoms with E-state index in [1.54, 1.807) is 0 Å². The quantitative estimate of drug-likeness (QED) is 0.865. The summed E-state index contributed by atoms with van der Waals surface area (Å²) in [6.07, 6.45) is 4.99. The lowest BCUT2D eigenvalue weighted by atomic mass is 9.86. The number of halogens is 1. The molecule has 1 heterocycles. The largest absolute Gasteiger partial charge is 0.328 e. The Labute approximate surface area is 112 Å². The van der Waals surface area contributed by atoms with Crippen LogP contribution >= 0.6 is 0 Å². The van der Waals surface area contributed by atoms with E-state index in [2.05, 4.69) is 9.71 Å². The molecule has 0 aliphatic heterocycles. The van der Waals surface area contributed by atoms with Crippen LogP contribution in [0.2, 0.25) is 0 Å². The minimum atomic E-state index is -3.88. The van der Waals surface area contributed by atoms with Gasteiger partial charge in [0, 0.05) is 18.8 Å². The van der Waals surface area contributed by atoms with E-state index in [4.69, 9.17) is 5.73 Å². The Morgan fingerprint density at radius 2 is 2.26 bits per heavy atom. The molecule has 2 atom stereocenters. The summed E-state index contributed by atoms with van der Waals surface area (Å²) < 4.78 is 39.7. The molecule has 0 spiro atoms. The van der Waals surface area contributed by atoms with Crippen molar-refractivity contribution in [3.8, 4) is 0 Å². The highest BCUT2D eigenvalue weighted by molar-refractivity contribution is 7.89. The van der Waals surface area contributed by atoms with Crippen LogP contribution in [-0.2, 0) is 10.0 Å². The summed E-state index contributed by atoms with van der Waals surface area (Å²) in [5.41, 5.74) is 5.85. The van der Waals surface area contributed by atoms with Crippen molar-refractivity contribution in [2.45, 2.75) is 36.8 Å². The molecular weight excluding hydrogens is 269 g/mol. The molecule has 19 heavy (non-hydrogen) atoms. The molecule has 3 N–H and O–H groups in total. The van der Waals surface area contributed by atoms with Gasteiger partial charge in [-0.25, -0.2) is 22.5 Å². The average molecular weight is 287 g/mol. The number of rotatable bonds is 4. The van der Waals surface area contributed by atoms with Crippen LogP contribution in [0.25, 0.3) is 0 Å². The third-order valence-electron chi connectivity index (χ3n) is 3.36. The zero-order valence-electron chi connectivity index (χ0n) is 10.5. The smallest absolute Gasteiger partial charge is 0.261 e. The maximum absolute atomic E-state index is 13.4. The molecule has 2 unspecified atom stereocenters. The first-order chi connectivity index (χ1) is 8.99. The van der Waals surface area contributed by atoms with Gasteiger partial charge in [-0.05, 0) is 37.3 Å². The van der Waals surface area contributed by atoms with Crippen LogP contribution in [-0.4, -0.2) is 26.0 Å². The third kappa shape index (κ3) is 3.71. The van der Waals surface area contributed by atoms with Gasteiger partial charge in [-0.1, -0.05) is 6.42 Å². The fraction of sp³-hybridized carbons (Fsp3) is 0.583. The van der Waals surface area contributed by atoms with Crippen LogP contribution in [0.5, 0.6) is 0 Å². The van der Waals surface area contributed by atoms with Crippen LogP contribution in [0.4, 0.5) is 4.39 Å². The number of nitrogens with one attached hydrogen (secondary N) is 1. The molecule has 1 aliphatic rings. The summed E-state index contributed by atoms with van der Waals surface area (Å²) >= 11 is 0. The van der Waals surface area contributed by atoms with Gasteiger partial charge in [-0.15, -0.1) is 0 Å². The molecule has 0 amide bonds. The van der Waals surface area contributed by atoms with Crippen LogP contribution in [0.15, 0.2) is 23.4 Å². The monoisotopic (exact) mass is 287 g/mol. The third-order valence-corrected chi connectivity index (χ3v) is 4.72. The Bertz CT molecular complexity index is 536. The van der Waals surface area contributed by atoms with Gasteiger partial charge < -0.3 is 5.73 Å². The van der Waals surface area contributed by atoms with Crippen LogP contribution in [0, 0.1) is 11.7 Å². The summed E-state index contributed by atoms with van der Waals surface area (Å²) in [4.78, 5) is 3.58. The van der Waals surface area contributed by atoms with Gasteiger partial charge in [-0.3, -0.25) is 0 Å². The van der Waals surface area contributed by atoms with E-state index in [0.717, 1.165) is 31.7 Å². The SMILES string of the molecule is NC1CCCC(CNS(=O)(=O)c2ncccc2F)C1. The van der Waals surface area contributed by atoms with Gasteiger partial charge >= 0.3 is 0 Å². The number of hydrogen-bond acceptors (Lipinski definition) is 4. The number of sulfonamides is 1. The fourth-order valence-electron chi connectivity index (χ4n) is 2.38. The Morgan fingerprint density at radius 3 is 2.95 bits per heavy atom. The second kappa shape index (κ2) is 5.94. The molecule has 2 rings (SSSR count). The number of pyridine rings is 1. The Morgan fingerprint density at radius 1 is 1.47 bits per heavy atom. The highest BCUT2D eigenvalue weighted by Gasteiger charge is 2.24. The normalized spacial score (nSPS) is 24.3. The highest BCUT2D eigenvalue weighted by atomic mass is 32.2. The molecular formula is C12H18FN3O2S. The molecule has 0 aromatic carbocycles. The highest BCUT2D eigenvalue weighted by Crippen LogP contribution is 2.22. The fourth-order valence-corrected chi connectivity index (χ4v) is 3.50. The second-order valence-corrected chi connectivity index (χ2v) is 6.62. The van der Waals surface area contributed by atoms with Crippen molar-refractivity contribution in [1.82, 2.24) is 9.71 Å². The van der Waals surface area contributed by atoms with Gasteiger partial charge in [-0.2, -0.15) is 0 Å². The lowest BCUT2D eigenvalue weighted by Gasteiger charge is -2.26.